The van der Waals surface area contributed by atoms with Crippen LogP contribution in [0.1, 0.15) is 24.4 Å². The Bertz CT molecular complexity index is 455. The molecule has 1 aromatic carbocycles. The Labute approximate surface area is 118 Å². The summed E-state index contributed by atoms with van der Waals surface area (Å²) < 4.78 is 4.79. The van der Waals surface area contributed by atoms with E-state index in [0.29, 0.717) is 6.54 Å². The number of piperidine rings is 1. The van der Waals surface area contributed by atoms with E-state index in [1.54, 1.807) is 12.1 Å². The maximum absolute atomic E-state index is 12.2. The fraction of sp³-hybridized carbons (Fsp3) is 0.467. The van der Waals surface area contributed by atoms with Gasteiger partial charge in [0.05, 0.1) is 13.0 Å². The van der Waals surface area contributed by atoms with Crippen molar-refractivity contribution in [2.75, 3.05) is 20.2 Å². The van der Waals surface area contributed by atoms with E-state index < -0.39 is 12.0 Å². The van der Waals surface area contributed by atoms with Gasteiger partial charge in [-0.25, -0.2) is 4.79 Å². The molecule has 1 unspecified atom stereocenters. The van der Waals surface area contributed by atoms with E-state index in [9.17, 15) is 9.59 Å². The van der Waals surface area contributed by atoms with Crippen LogP contribution in [-0.2, 0) is 14.3 Å². The molecule has 1 heterocycles. The van der Waals surface area contributed by atoms with Crippen molar-refractivity contribution in [3.05, 3.63) is 35.9 Å². The number of carbonyl (C=O) groups excluding carboxylic acids is 2. The molecule has 1 saturated heterocycles. The number of esters is 1. The van der Waals surface area contributed by atoms with E-state index in [1.165, 1.54) is 7.11 Å². The van der Waals surface area contributed by atoms with Crippen LogP contribution < -0.4 is 10.6 Å². The lowest BCUT2D eigenvalue weighted by Gasteiger charge is -2.24. The summed E-state index contributed by atoms with van der Waals surface area (Å²) in [6.45, 7) is 1.61. The number of hydrogen-bond acceptors (Lipinski definition) is 4. The van der Waals surface area contributed by atoms with Gasteiger partial charge in [0.15, 0.2) is 6.04 Å². The second-order valence-electron chi connectivity index (χ2n) is 4.92. The van der Waals surface area contributed by atoms with Crippen molar-refractivity contribution in [1.82, 2.24) is 10.6 Å². The number of carbonyl (C=O) groups is 2. The summed E-state index contributed by atoms with van der Waals surface area (Å²) in [5.41, 5.74) is 0.733. The van der Waals surface area contributed by atoms with E-state index in [-0.39, 0.29) is 11.8 Å². The van der Waals surface area contributed by atoms with E-state index >= 15 is 0 Å². The molecule has 1 fully saturated rings. The first kappa shape index (κ1) is 14.5. The molecule has 0 saturated carbocycles. The van der Waals surface area contributed by atoms with Crippen molar-refractivity contribution in [3.8, 4) is 0 Å². The van der Waals surface area contributed by atoms with Gasteiger partial charge in [-0.3, -0.25) is 4.79 Å². The molecule has 0 radical (unpaired) electrons. The highest BCUT2D eigenvalue weighted by Crippen LogP contribution is 2.17. The lowest BCUT2D eigenvalue weighted by atomic mass is 9.97. The number of methoxy groups -OCH3 is 1. The van der Waals surface area contributed by atoms with Crippen molar-refractivity contribution in [3.63, 3.8) is 0 Å². The van der Waals surface area contributed by atoms with Gasteiger partial charge in [-0.2, -0.15) is 0 Å². The molecule has 20 heavy (non-hydrogen) atoms. The van der Waals surface area contributed by atoms with Crippen molar-refractivity contribution in [2.45, 2.75) is 18.9 Å². The molecule has 2 atom stereocenters. The Hall–Kier alpha value is -1.88. The molecule has 108 valence electrons. The van der Waals surface area contributed by atoms with Crippen LogP contribution >= 0.6 is 0 Å². The minimum Gasteiger partial charge on any atom is -0.467 e. The topological polar surface area (TPSA) is 67.4 Å². The average Bonchev–Trinajstić information content (AvgIpc) is 2.53. The monoisotopic (exact) mass is 276 g/mol. The van der Waals surface area contributed by atoms with E-state index in [2.05, 4.69) is 10.6 Å². The molecule has 0 aliphatic carbocycles. The second-order valence-corrected chi connectivity index (χ2v) is 4.92. The average molecular weight is 276 g/mol. The van der Waals surface area contributed by atoms with Gasteiger partial charge in [0.1, 0.15) is 0 Å². The molecular formula is C15H20N2O3. The quantitative estimate of drug-likeness (QED) is 0.806. The first-order chi connectivity index (χ1) is 9.72. The third-order valence-corrected chi connectivity index (χ3v) is 3.52. The maximum Gasteiger partial charge on any atom is 0.333 e. The Morgan fingerprint density at radius 1 is 1.35 bits per heavy atom. The Morgan fingerprint density at radius 3 is 2.70 bits per heavy atom. The van der Waals surface area contributed by atoms with Gasteiger partial charge < -0.3 is 15.4 Å². The highest BCUT2D eigenvalue weighted by Gasteiger charge is 2.28. The molecule has 2 rings (SSSR count). The van der Waals surface area contributed by atoms with Crippen LogP contribution in [-0.4, -0.2) is 32.1 Å². The first-order valence-corrected chi connectivity index (χ1v) is 6.86. The summed E-state index contributed by atoms with van der Waals surface area (Å²) in [6, 6.07) is 8.40. The van der Waals surface area contributed by atoms with Gasteiger partial charge in [-0.1, -0.05) is 30.3 Å². The number of rotatable bonds is 4. The zero-order valence-electron chi connectivity index (χ0n) is 11.6. The molecule has 0 aromatic heterocycles. The van der Waals surface area contributed by atoms with Crippen LogP contribution in [0.5, 0.6) is 0 Å². The molecule has 1 aliphatic rings. The number of benzene rings is 1. The van der Waals surface area contributed by atoms with Crippen LogP contribution in [0.15, 0.2) is 30.3 Å². The van der Waals surface area contributed by atoms with Gasteiger partial charge in [-0.15, -0.1) is 0 Å². The van der Waals surface area contributed by atoms with Crippen LogP contribution in [0, 0.1) is 5.92 Å². The number of nitrogens with one attached hydrogen (secondary N) is 2. The van der Waals surface area contributed by atoms with Crippen molar-refractivity contribution >= 4 is 11.9 Å². The third-order valence-electron chi connectivity index (χ3n) is 3.52. The summed E-state index contributed by atoms with van der Waals surface area (Å²) in [7, 11) is 1.33. The minimum atomic E-state index is -0.740. The largest absolute Gasteiger partial charge is 0.467 e. The predicted molar refractivity (Wildman–Crippen MR) is 74.9 cm³/mol. The molecule has 5 heteroatoms. The molecule has 1 amide bonds. The minimum absolute atomic E-state index is 0.0837. The van der Waals surface area contributed by atoms with E-state index in [0.717, 1.165) is 24.9 Å². The summed E-state index contributed by atoms with van der Waals surface area (Å²) in [5, 5.41) is 6.00. The van der Waals surface area contributed by atoms with Gasteiger partial charge in [0.2, 0.25) is 5.91 Å². The zero-order chi connectivity index (χ0) is 14.4. The fourth-order valence-electron chi connectivity index (χ4n) is 2.38. The Kier molecular flexibility index (Phi) is 5.12. The molecule has 0 bridgehead atoms. The number of ether oxygens (including phenoxy) is 1. The normalized spacial score (nSPS) is 19.9. The van der Waals surface area contributed by atoms with Gasteiger partial charge >= 0.3 is 5.97 Å². The summed E-state index contributed by atoms with van der Waals surface area (Å²) in [6.07, 6.45) is 1.83. The smallest absolute Gasteiger partial charge is 0.333 e. The SMILES string of the molecule is COC(=O)C(NC(=O)[C@@H]1CCCNC1)c1ccccc1. The number of hydrogen-bond donors (Lipinski definition) is 2. The molecule has 1 aromatic rings. The standard InChI is InChI=1S/C15H20N2O3/c1-20-15(19)13(11-6-3-2-4-7-11)17-14(18)12-8-5-9-16-10-12/h2-4,6-7,12-13,16H,5,8-10H2,1H3,(H,17,18)/t12-,13?/m1/s1. The number of amides is 1. The lowest BCUT2D eigenvalue weighted by Crippen LogP contribution is -2.43. The molecular weight excluding hydrogens is 256 g/mol. The van der Waals surface area contributed by atoms with Crippen molar-refractivity contribution in [1.29, 1.82) is 0 Å². The third kappa shape index (κ3) is 3.57. The molecule has 1 aliphatic heterocycles. The summed E-state index contributed by atoms with van der Waals surface area (Å²) in [4.78, 5) is 24.1. The summed E-state index contributed by atoms with van der Waals surface area (Å²) in [5.74, 6) is -0.635. The zero-order valence-corrected chi connectivity index (χ0v) is 11.6. The maximum atomic E-state index is 12.2. The van der Waals surface area contributed by atoms with Crippen LogP contribution in [0.4, 0.5) is 0 Å². The van der Waals surface area contributed by atoms with E-state index in [1.807, 2.05) is 18.2 Å². The van der Waals surface area contributed by atoms with Crippen LogP contribution in [0.2, 0.25) is 0 Å². The highest BCUT2D eigenvalue weighted by molar-refractivity contribution is 5.86. The molecule has 2 N–H and O–H groups in total. The van der Waals surface area contributed by atoms with Gasteiger partial charge in [0.25, 0.3) is 0 Å². The lowest BCUT2D eigenvalue weighted by molar-refractivity contribution is -0.145. The van der Waals surface area contributed by atoms with Crippen LogP contribution in [0.25, 0.3) is 0 Å². The Balaban J connectivity index is 2.08. The van der Waals surface area contributed by atoms with E-state index in [4.69, 9.17) is 4.74 Å². The first-order valence-electron chi connectivity index (χ1n) is 6.86. The van der Waals surface area contributed by atoms with Crippen molar-refractivity contribution < 1.29 is 14.3 Å². The second kappa shape index (κ2) is 7.05. The van der Waals surface area contributed by atoms with Gasteiger partial charge in [0, 0.05) is 6.54 Å². The highest BCUT2D eigenvalue weighted by atomic mass is 16.5. The summed E-state index contributed by atoms with van der Waals surface area (Å²) >= 11 is 0. The molecule has 0 spiro atoms. The fourth-order valence-corrected chi connectivity index (χ4v) is 2.38. The van der Waals surface area contributed by atoms with Crippen LogP contribution in [0.3, 0.4) is 0 Å². The molecule has 5 nitrogen and oxygen atoms in total. The van der Waals surface area contributed by atoms with Crippen molar-refractivity contribution in [2.24, 2.45) is 5.92 Å². The Morgan fingerprint density at radius 2 is 2.10 bits per heavy atom. The van der Waals surface area contributed by atoms with Gasteiger partial charge in [-0.05, 0) is 24.9 Å². The predicted octanol–water partition coefficient (Wildman–Crippen LogP) is 1.02.